The molecule has 2 rings (SSSR count). The molecule has 1 saturated carbocycles. The van der Waals surface area contributed by atoms with Crippen LogP contribution in [0, 0.1) is 0 Å². The van der Waals surface area contributed by atoms with Crippen LogP contribution in [0.3, 0.4) is 0 Å². The van der Waals surface area contributed by atoms with Crippen LogP contribution in [-0.4, -0.2) is 18.2 Å². The molecule has 1 aliphatic carbocycles. The maximum absolute atomic E-state index is 11.8. The van der Waals surface area contributed by atoms with Gasteiger partial charge in [-0.1, -0.05) is 12.8 Å². The van der Waals surface area contributed by atoms with Crippen LogP contribution in [0.4, 0.5) is 10.5 Å². The number of carbonyl (C=O) groups is 1. The molecule has 19 heavy (non-hydrogen) atoms. The van der Waals surface area contributed by atoms with Crippen molar-refractivity contribution in [1.29, 1.82) is 0 Å². The number of amides is 2. The van der Waals surface area contributed by atoms with Gasteiger partial charge in [0.25, 0.3) is 0 Å². The first-order valence-corrected chi connectivity index (χ1v) is 6.98. The van der Waals surface area contributed by atoms with E-state index in [9.17, 15) is 4.79 Å². The highest BCUT2D eigenvalue weighted by molar-refractivity contribution is 5.89. The van der Waals surface area contributed by atoms with Gasteiger partial charge in [-0.05, 0) is 51.0 Å². The predicted molar refractivity (Wildman–Crippen MR) is 76.6 cm³/mol. The number of hydrogen-bond acceptors (Lipinski definition) is 2. The van der Waals surface area contributed by atoms with Gasteiger partial charge in [0, 0.05) is 11.7 Å². The largest absolute Gasteiger partial charge is 0.491 e. The first kappa shape index (κ1) is 13.7. The van der Waals surface area contributed by atoms with Gasteiger partial charge < -0.3 is 15.4 Å². The zero-order valence-corrected chi connectivity index (χ0v) is 11.6. The van der Waals surface area contributed by atoms with Crippen LogP contribution in [-0.2, 0) is 0 Å². The quantitative estimate of drug-likeness (QED) is 0.872. The fraction of sp³-hybridized carbons (Fsp3) is 0.533. The van der Waals surface area contributed by atoms with Gasteiger partial charge in [0.05, 0.1) is 6.10 Å². The molecule has 4 heteroatoms. The van der Waals surface area contributed by atoms with Crippen molar-refractivity contribution in [1.82, 2.24) is 5.32 Å². The molecular formula is C15H22N2O2. The van der Waals surface area contributed by atoms with Gasteiger partial charge in [-0.25, -0.2) is 4.79 Å². The molecule has 1 fully saturated rings. The number of carbonyl (C=O) groups excluding carboxylic acids is 1. The normalized spacial score (nSPS) is 15.5. The van der Waals surface area contributed by atoms with Crippen LogP contribution in [0.2, 0.25) is 0 Å². The highest BCUT2D eigenvalue weighted by Gasteiger charge is 2.16. The van der Waals surface area contributed by atoms with Gasteiger partial charge in [0.2, 0.25) is 0 Å². The summed E-state index contributed by atoms with van der Waals surface area (Å²) < 4.78 is 5.55. The third-order valence-corrected chi connectivity index (χ3v) is 3.17. The second-order valence-corrected chi connectivity index (χ2v) is 5.27. The fourth-order valence-electron chi connectivity index (χ4n) is 2.31. The number of anilines is 1. The van der Waals surface area contributed by atoms with Crippen molar-refractivity contribution in [3.8, 4) is 5.75 Å². The molecule has 0 heterocycles. The molecule has 0 bridgehead atoms. The zero-order valence-electron chi connectivity index (χ0n) is 11.6. The smallest absolute Gasteiger partial charge is 0.319 e. The Morgan fingerprint density at radius 3 is 2.42 bits per heavy atom. The van der Waals surface area contributed by atoms with Crippen molar-refractivity contribution in [2.24, 2.45) is 0 Å². The lowest BCUT2D eigenvalue weighted by molar-refractivity contribution is 0.242. The predicted octanol–water partition coefficient (Wildman–Crippen LogP) is 3.54. The molecule has 1 aromatic rings. The van der Waals surface area contributed by atoms with E-state index in [1.807, 2.05) is 38.1 Å². The molecule has 0 radical (unpaired) electrons. The molecule has 0 unspecified atom stereocenters. The van der Waals surface area contributed by atoms with Crippen LogP contribution in [0.15, 0.2) is 24.3 Å². The van der Waals surface area contributed by atoms with Crippen LogP contribution in [0.25, 0.3) is 0 Å². The lowest BCUT2D eigenvalue weighted by Crippen LogP contribution is -2.36. The Morgan fingerprint density at radius 1 is 1.21 bits per heavy atom. The lowest BCUT2D eigenvalue weighted by Gasteiger charge is -2.14. The number of hydrogen-bond donors (Lipinski definition) is 2. The molecule has 2 amide bonds. The summed E-state index contributed by atoms with van der Waals surface area (Å²) in [5.74, 6) is 0.816. The van der Waals surface area contributed by atoms with E-state index in [0.717, 1.165) is 24.3 Å². The average Bonchev–Trinajstić information content (AvgIpc) is 2.83. The molecule has 0 aliphatic heterocycles. The maximum atomic E-state index is 11.8. The van der Waals surface area contributed by atoms with Crippen molar-refractivity contribution >= 4 is 11.7 Å². The summed E-state index contributed by atoms with van der Waals surface area (Å²) in [5, 5.41) is 5.84. The average molecular weight is 262 g/mol. The second-order valence-electron chi connectivity index (χ2n) is 5.27. The molecular weight excluding hydrogens is 240 g/mol. The number of ether oxygens (including phenoxy) is 1. The Bertz CT molecular complexity index is 409. The maximum Gasteiger partial charge on any atom is 0.319 e. The van der Waals surface area contributed by atoms with E-state index in [2.05, 4.69) is 10.6 Å². The van der Waals surface area contributed by atoms with Gasteiger partial charge >= 0.3 is 6.03 Å². The Balaban J connectivity index is 1.82. The van der Waals surface area contributed by atoms with Gasteiger partial charge in [-0.15, -0.1) is 0 Å². The van der Waals surface area contributed by atoms with Crippen molar-refractivity contribution in [3.63, 3.8) is 0 Å². The second kappa shape index (κ2) is 6.45. The molecule has 0 saturated heterocycles. The highest BCUT2D eigenvalue weighted by Crippen LogP contribution is 2.19. The van der Waals surface area contributed by atoms with E-state index < -0.39 is 0 Å². The molecule has 4 nitrogen and oxygen atoms in total. The summed E-state index contributed by atoms with van der Waals surface area (Å²) >= 11 is 0. The fourth-order valence-corrected chi connectivity index (χ4v) is 2.31. The summed E-state index contributed by atoms with van der Waals surface area (Å²) in [6.07, 6.45) is 4.77. The lowest BCUT2D eigenvalue weighted by atomic mass is 10.2. The SMILES string of the molecule is CC(C)Oc1ccc(NC(=O)NC2CCCC2)cc1. The van der Waals surface area contributed by atoms with Gasteiger partial charge in [0.15, 0.2) is 0 Å². The molecule has 0 aromatic heterocycles. The summed E-state index contributed by atoms with van der Waals surface area (Å²) in [6.45, 7) is 3.97. The number of benzene rings is 1. The van der Waals surface area contributed by atoms with Gasteiger partial charge in [-0.2, -0.15) is 0 Å². The minimum Gasteiger partial charge on any atom is -0.491 e. The Labute approximate surface area is 114 Å². The number of urea groups is 1. The first-order valence-electron chi connectivity index (χ1n) is 6.98. The van der Waals surface area contributed by atoms with E-state index in [-0.39, 0.29) is 12.1 Å². The number of nitrogens with one attached hydrogen (secondary N) is 2. The van der Waals surface area contributed by atoms with Crippen LogP contribution < -0.4 is 15.4 Å². The van der Waals surface area contributed by atoms with E-state index in [1.54, 1.807) is 0 Å². The van der Waals surface area contributed by atoms with Crippen molar-refractivity contribution in [2.75, 3.05) is 5.32 Å². The highest BCUT2D eigenvalue weighted by atomic mass is 16.5. The molecule has 0 atom stereocenters. The summed E-state index contributed by atoms with van der Waals surface area (Å²) in [5.41, 5.74) is 0.784. The molecule has 1 aromatic carbocycles. The molecule has 2 N–H and O–H groups in total. The summed E-state index contributed by atoms with van der Waals surface area (Å²) in [7, 11) is 0. The summed E-state index contributed by atoms with van der Waals surface area (Å²) in [4.78, 5) is 11.8. The van der Waals surface area contributed by atoms with E-state index >= 15 is 0 Å². The van der Waals surface area contributed by atoms with Gasteiger partial charge in [0.1, 0.15) is 5.75 Å². The molecule has 0 spiro atoms. The van der Waals surface area contributed by atoms with E-state index in [0.29, 0.717) is 6.04 Å². The van der Waals surface area contributed by atoms with E-state index in [1.165, 1.54) is 12.8 Å². The molecule has 1 aliphatic rings. The van der Waals surface area contributed by atoms with E-state index in [4.69, 9.17) is 4.74 Å². The monoisotopic (exact) mass is 262 g/mol. The van der Waals surface area contributed by atoms with Crippen LogP contribution in [0.5, 0.6) is 5.75 Å². The topological polar surface area (TPSA) is 50.4 Å². The Hall–Kier alpha value is -1.71. The third kappa shape index (κ3) is 4.47. The van der Waals surface area contributed by atoms with Crippen LogP contribution in [0.1, 0.15) is 39.5 Å². The van der Waals surface area contributed by atoms with Crippen molar-refractivity contribution in [2.45, 2.75) is 51.7 Å². The Kier molecular flexibility index (Phi) is 4.66. The van der Waals surface area contributed by atoms with Crippen molar-refractivity contribution in [3.05, 3.63) is 24.3 Å². The first-order chi connectivity index (χ1) is 9.13. The van der Waals surface area contributed by atoms with Gasteiger partial charge in [-0.3, -0.25) is 0 Å². The third-order valence-electron chi connectivity index (χ3n) is 3.17. The minimum atomic E-state index is -0.121. The number of rotatable bonds is 4. The zero-order chi connectivity index (χ0) is 13.7. The van der Waals surface area contributed by atoms with Crippen molar-refractivity contribution < 1.29 is 9.53 Å². The summed E-state index contributed by atoms with van der Waals surface area (Å²) in [6, 6.07) is 7.65. The standard InChI is InChI=1S/C15H22N2O2/c1-11(2)19-14-9-7-13(8-10-14)17-15(18)16-12-5-3-4-6-12/h7-12H,3-6H2,1-2H3,(H2,16,17,18). The molecule has 104 valence electrons. The minimum absolute atomic E-state index is 0.121. The Morgan fingerprint density at radius 2 is 1.84 bits per heavy atom. The van der Waals surface area contributed by atoms with Crippen LogP contribution >= 0.6 is 0 Å².